The SMILES string of the molecule is CC12CCC(=O)C=C1CCC1C2CC[C@@]2(C)C(=O)CCC12. The van der Waals surface area contributed by atoms with Crippen molar-refractivity contribution in [3.8, 4) is 0 Å². The van der Waals surface area contributed by atoms with Gasteiger partial charge in [-0.05, 0) is 67.8 Å². The number of ketones is 2. The van der Waals surface area contributed by atoms with Crippen LogP contribution >= 0.6 is 0 Å². The fourth-order valence-electron chi connectivity index (χ4n) is 6.33. The molecule has 0 aromatic rings. The van der Waals surface area contributed by atoms with E-state index in [9.17, 15) is 9.59 Å². The van der Waals surface area contributed by atoms with Gasteiger partial charge in [-0.3, -0.25) is 9.59 Å². The molecule has 4 aliphatic carbocycles. The lowest BCUT2D eigenvalue weighted by Gasteiger charge is -2.56. The van der Waals surface area contributed by atoms with Crippen molar-refractivity contribution in [3.05, 3.63) is 11.6 Å². The number of rotatable bonds is 0. The average Bonchev–Trinajstić information content (AvgIpc) is 2.76. The summed E-state index contributed by atoms with van der Waals surface area (Å²) < 4.78 is 0. The van der Waals surface area contributed by atoms with Crippen molar-refractivity contribution < 1.29 is 9.59 Å². The maximum atomic E-state index is 12.4. The molecule has 4 unspecified atom stereocenters. The van der Waals surface area contributed by atoms with Gasteiger partial charge in [-0.15, -0.1) is 0 Å². The summed E-state index contributed by atoms with van der Waals surface area (Å²) >= 11 is 0. The van der Waals surface area contributed by atoms with Crippen LogP contribution in [0.4, 0.5) is 0 Å². The predicted molar refractivity (Wildman–Crippen MR) is 81.7 cm³/mol. The van der Waals surface area contributed by atoms with Crippen LogP contribution in [0.2, 0.25) is 0 Å². The number of hydrogen-bond acceptors (Lipinski definition) is 2. The summed E-state index contributed by atoms with van der Waals surface area (Å²) in [5.41, 5.74) is 1.64. The largest absolute Gasteiger partial charge is 0.299 e. The molecule has 114 valence electrons. The Balaban J connectivity index is 1.70. The van der Waals surface area contributed by atoms with Crippen molar-refractivity contribution in [2.24, 2.45) is 28.6 Å². The van der Waals surface area contributed by atoms with E-state index in [1.165, 1.54) is 18.4 Å². The first kappa shape index (κ1) is 13.7. The summed E-state index contributed by atoms with van der Waals surface area (Å²) in [4.78, 5) is 24.1. The summed E-state index contributed by atoms with van der Waals surface area (Å²) in [5.74, 6) is 2.88. The highest BCUT2D eigenvalue weighted by Gasteiger charge is 2.58. The second kappa shape index (κ2) is 4.30. The molecule has 4 aliphatic rings. The summed E-state index contributed by atoms with van der Waals surface area (Å²) in [6.45, 7) is 4.64. The fraction of sp³-hybridized carbons (Fsp3) is 0.789. The molecule has 0 aliphatic heterocycles. The van der Waals surface area contributed by atoms with Gasteiger partial charge in [0.15, 0.2) is 5.78 Å². The molecule has 3 saturated carbocycles. The highest BCUT2D eigenvalue weighted by Crippen LogP contribution is 2.64. The maximum Gasteiger partial charge on any atom is 0.155 e. The Morgan fingerprint density at radius 1 is 0.905 bits per heavy atom. The molecule has 0 aromatic carbocycles. The lowest BCUT2D eigenvalue weighted by molar-refractivity contribution is -0.132. The van der Waals surface area contributed by atoms with Crippen LogP contribution < -0.4 is 0 Å². The molecule has 3 fully saturated rings. The van der Waals surface area contributed by atoms with Gasteiger partial charge in [0.1, 0.15) is 5.78 Å². The molecule has 2 nitrogen and oxygen atoms in total. The first-order chi connectivity index (χ1) is 9.95. The van der Waals surface area contributed by atoms with Crippen LogP contribution in [0.25, 0.3) is 0 Å². The molecule has 0 bridgehead atoms. The first-order valence-electron chi connectivity index (χ1n) is 8.72. The zero-order chi connectivity index (χ0) is 14.8. The Morgan fingerprint density at radius 3 is 2.48 bits per heavy atom. The third kappa shape index (κ3) is 1.71. The monoisotopic (exact) mass is 286 g/mol. The Hall–Kier alpha value is -0.920. The molecule has 0 aromatic heterocycles. The molecule has 2 heteroatoms. The van der Waals surface area contributed by atoms with Crippen LogP contribution in [0.15, 0.2) is 11.6 Å². The van der Waals surface area contributed by atoms with Crippen molar-refractivity contribution in [1.29, 1.82) is 0 Å². The minimum absolute atomic E-state index is 0.0246. The highest BCUT2D eigenvalue weighted by molar-refractivity contribution is 5.91. The zero-order valence-electron chi connectivity index (χ0n) is 13.3. The van der Waals surface area contributed by atoms with Gasteiger partial charge < -0.3 is 0 Å². The van der Waals surface area contributed by atoms with Crippen LogP contribution in [0.3, 0.4) is 0 Å². The van der Waals surface area contributed by atoms with Crippen LogP contribution in [0.1, 0.15) is 65.2 Å². The molecule has 0 heterocycles. The lowest BCUT2D eigenvalue weighted by atomic mass is 9.47. The molecule has 21 heavy (non-hydrogen) atoms. The standard InChI is InChI=1S/C19H26O2/c1-18-9-7-13(20)11-12(18)3-4-14-15-5-6-17(21)19(15,2)10-8-16(14)18/h11,14-16H,3-10H2,1-2H3/t14?,15?,16?,18?,19-/m1/s1. The Bertz CT molecular complexity index is 546. The van der Waals surface area contributed by atoms with E-state index < -0.39 is 0 Å². The molecule has 0 amide bonds. The fourth-order valence-corrected chi connectivity index (χ4v) is 6.33. The molecular formula is C19H26O2. The molecule has 0 saturated heterocycles. The van der Waals surface area contributed by atoms with Crippen molar-refractivity contribution >= 4 is 11.6 Å². The van der Waals surface area contributed by atoms with Gasteiger partial charge in [-0.2, -0.15) is 0 Å². The number of allylic oxidation sites excluding steroid dienone is 1. The van der Waals surface area contributed by atoms with E-state index in [2.05, 4.69) is 13.8 Å². The Labute approximate surface area is 127 Å². The average molecular weight is 286 g/mol. The van der Waals surface area contributed by atoms with Gasteiger partial charge in [-0.25, -0.2) is 0 Å². The number of fused-ring (bicyclic) bond motifs is 5. The van der Waals surface area contributed by atoms with E-state index in [-0.39, 0.29) is 10.8 Å². The molecule has 4 rings (SSSR count). The summed E-state index contributed by atoms with van der Waals surface area (Å²) in [7, 11) is 0. The lowest BCUT2D eigenvalue weighted by Crippen LogP contribution is -2.50. The molecule has 5 atom stereocenters. The van der Waals surface area contributed by atoms with E-state index in [1.54, 1.807) is 0 Å². The Morgan fingerprint density at radius 2 is 1.67 bits per heavy atom. The summed E-state index contributed by atoms with van der Waals surface area (Å²) in [6.07, 6.45) is 10.2. The smallest absolute Gasteiger partial charge is 0.155 e. The number of carbonyl (C=O) groups is 2. The number of Topliss-reactive ketones (excluding diaryl/α,β-unsaturated/α-hetero) is 1. The minimum atomic E-state index is -0.0246. The van der Waals surface area contributed by atoms with Gasteiger partial charge in [0.05, 0.1) is 0 Å². The number of carbonyl (C=O) groups excluding carboxylic acids is 2. The van der Waals surface area contributed by atoms with Gasteiger partial charge in [0.2, 0.25) is 0 Å². The Kier molecular flexibility index (Phi) is 2.81. The quantitative estimate of drug-likeness (QED) is 0.672. The normalized spacial score (nSPS) is 49.2. The second-order valence-corrected chi connectivity index (χ2v) is 8.39. The maximum absolute atomic E-state index is 12.4. The van der Waals surface area contributed by atoms with Gasteiger partial charge in [0, 0.05) is 18.3 Å². The van der Waals surface area contributed by atoms with Crippen LogP contribution in [0, 0.1) is 28.6 Å². The molecule has 0 spiro atoms. The van der Waals surface area contributed by atoms with E-state index in [0.717, 1.165) is 38.5 Å². The van der Waals surface area contributed by atoms with Crippen LogP contribution in [-0.4, -0.2) is 11.6 Å². The number of hydrogen-bond donors (Lipinski definition) is 0. The zero-order valence-corrected chi connectivity index (χ0v) is 13.3. The van der Waals surface area contributed by atoms with E-state index in [0.29, 0.717) is 29.3 Å². The van der Waals surface area contributed by atoms with E-state index in [1.807, 2.05) is 6.08 Å². The van der Waals surface area contributed by atoms with Crippen molar-refractivity contribution in [1.82, 2.24) is 0 Å². The van der Waals surface area contributed by atoms with Crippen molar-refractivity contribution in [2.75, 3.05) is 0 Å². The van der Waals surface area contributed by atoms with Crippen molar-refractivity contribution in [2.45, 2.75) is 65.2 Å². The molecule has 0 radical (unpaired) electrons. The van der Waals surface area contributed by atoms with Gasteiger partial charge in [0.25, 0.3) is 0 Å². The third-order valence-corrected chi connectivity index (χ3v) is 7.67. The van der Waals surface area contributed by atoms with Crippen molar-refractivity contribution in [3.63, 3.8) is 0 Å². The second-order valence-electron chi connectivity index (χ2n) is 8.39. The van der Waals surface area contributed by atoms with Crippen LogP contribution in [0.5, 0.6) is 0 Å². The summed E-state index contributed by atoms with van der Waals surface area (Å²) in [5, 5.41) is 0. The predicted octanol–water partition coefficient (Wildman–Crippen LogP) is 4.09. The minimum Gasteiger partial charge on any atom is -0.299 e. The van der Waals surface area contributed by atoms with Gasteiger partial charge in [-0.1, -0.05) is 19.4 Å². The van der Waals surface area contributed by atoms with E-state index >= 15 is 0 Å². The van der Waals surface area contributed by atoms with Crippen LogP contribution in [-0.2, 0) is 9.59 Å². The third-order valence-electron chi connectivity index (χ3n) is 7.67. The summed E-state index contributed by atoms with van der Waals surface area (Å²) in [6, 6.07) is 0. The topological polar surface area (TPSA) is 34.1 Å². The van der Waals surface area contributed by atoms with Gasteiger partial charge >= 0.3 is 0 Å². The first-order valence-corrected chi connectivity index (χ1v) is 8.72. The molecular weight excluding hydrogens is 260 g/mol. The van der Waals surface area contributed by atoms with E-state index in [4.69, 9.17) is 0 Å². The molecule has 0 N–H and O–H groups in total. The highest BCUT2D eigenvalue weighted by atomic mass is 16.1.